The number of benzene rings is 1. The Morgan fingerprint density at radius 2 is 2.00 bits per heavy atom. The molecule has 0 radical (unpaired) electrons. The average Bonchev–Trinajstić information content (AvgIpc) is 2.43. The van der Waals surface area contributed by atoms with E-state index in [9.17, 15) is 9.59 Å². The summed E-state index contributed by atoms with van der Waals surface area (Å²) in [6.45, 7) is 3.52. The predicted octanol–water partition coefficient (Wildman–Crippen LogP) is 2.09. The molecule has 0 heterocycles. The van der Waals surface area contributed by atoms with Gasteiger partial charge in [0.05, 0.1) is 25.2 Å². The molecule has 5 heteroatoms. The van der Waals surface area contributed by atoms with E-state index in [0.29, 0.717) is 23.3 Å². The van der Waals surface area contributed by atoms with Crippen molar-refractivity contribution in [1.29, 1.82) is 0 Å². The first kappa shape index (κ1) is 15.0. The highest BCUT2D eigenvalue weighted by Gasteiger charge is 2.30. The molecule has 1 aromatic rings. The van der Waals surface area contributed by atoms with Crippen molar-refractivity contribution in [2.45, 2.75) is 13.8 Å². The highest BCUT2D eigenvalue weighted by atomic mass is 16.5. The van der Waals surface area contributed by atoms with Gasteiger partial charge in [-0.25, -0.2) is 0 Å². The van der Waals surface area contributed by atoms with Crippen LogP contribution in [-0.2, 0) is 9.53 Å². The average molecular weight is 266 g/mol. The fourth-order valence-corrected chi connectivity index (χ4v) is 1.46. The van der Waals surface area contributed by atoms with Crippen LogP contribution in [0.5, 0.6) is 11.5 Å². The number of carbonyl (C=O) groups excluding carboxylic acids is 2. The van der Waals surface area contributed by atoms with Crippen LogP contribution in [0.1, 0.15) is 24.2 Å². The summed E-state index contributed by atoms with van der Waals surface area (Å²) in [5.74, 6) is 0.589. The Labute approximate surface area is 112 Å². The molecule has 0 aliphatic heterocycles. The van der Waals surface area contributed by atoms with Crippen molar-refractivity contribution in [1.82, 2.24) is 0 Å². The molecule has 0 aromatic heterocycles. The molecular weight excluding hydrogens is 248 g/mol. The second kappa shape index (κ2) is 6.22. The van der Waals surface area contributed by atoms with Crippen molar-refractivity contribution in [3.8, 4) is 11.5 Å². The zero-order chi connectivity index (χ0) is 14.5. The maximum atomic E-state index is 11.5. The first-order valence-electron chi connectivity index (χ1n) is 5.79. The summed E-state index contributed by atoms with van der Waals surface area (Å²) in [6.07, 6.45) is 0.694. The topological polar surface area (TPSA) is 61.8 Å². The molecule has 104 valence electrons. The van der Waals surface area contributed by atoms with Crippen LogP contribution in [0.3, 0.4) is 0 Å². The van der Waals surface area contributed by atoms with Gasteiger partial charge in [0, 0.05) is 6.07 Å². The Morgan fingerprint density at radius 1 is 1.32 bits per heavy atom. The number of rotatable bonds is 6. The van der Waals surface area contributed by atoms with Crippen LogP contribution in [0.2, 0.25) is 0 Å². The molecule has 19 heavy (non-hydrogen) atoms. The van der Waals surface area contributed by atoms with Gasteiger partial charge in [0.15, 0.2) is 6.29 Å². The molecule has 0 atom stereocenters. The lowest BCUT2D eigenvalue weighted by Gasteiger charge is -2.22. The number of carbonyl (C=O) groups is 2. The van der Waals surface area contributed by atoms with Gasteiger partial charge in [-0.1, -0.05) is 0 Å². The summed E-state index contributed by atoms with van der Waals surface area (Å²) in [6, 6.07) is 4.88. The molecule has 0 bridgehead atoms. The first-order valence-corrected chi connectivity index (χ1v) is 5.79. The van der Waals surface area contributed by atoms with Crippen LogP contribution in [0.25, 0.3) is 0 Å². The van der Waals surface area contributed by atoms with Crippen molar-refractivity contribution in [2.75, 3.05) is 20.8 Å². The number of hydrogen-bond donors (Lipinski definition) is 0. The molecule has 0 saturated heterocycles. The first-order chi connectivity index (χ1) is 8.94. The number of methoxy groups -OCH3 is 2. The Balaban J connectivity index is 2.87. The van der Waals surface area contributed by atoms with Gasteiger partial charge in [0.2, 0.25) is 0 Å². The summed E-state index contributed by atoms with van der Waals surface area (Å²) in [7, 11) is 2.85. The van der Waals surface area contributed by atoms with Gasteiger partial charge >= 0.3 is 5.97 Å². The van der Waals surface area contributed by atoms with Gasteiger partial charge in [-0.05, 0) is 26.0 Å². The van der Waals surface area contributed by atoms with Gasteiger partial charge in [0.1, 0.15) is 18.1 Å². The van der Waals surface area contributed by atoms with Crippen molar-refractivity contribution < 1.29 is 23.8 Å². The van der Waals surface area contributed by atoms with Crippen LogP contribution >= 0.6 is 0 Å². The maximum absolute atomic E-state index is 11.5. The monoisotopic (exact) mass is 266 g/mol. The standard InChI is InChI=1S/C14H18O5/c1-14(2,13(16)18-4)9-19-12-7-11(17-3)6-5-10(12)8-15/h5-8H,9H2,1-4H3. The SMILES string of the molecule is COC(=O)C(C)(C)COc1cc(OC)ccc1C=O. The molecule has 0 aliphatic carbocycles. The fourth-order valence-electron chi connectivity index (χ4n) is 1.46. The van der Waals surface area contributed by atoms with E-state index in [1.165, 1.54) is 14.2 Å². The van der Waals surface area contributed by atoms with Crippen LogP contribution < -0.4 is 9.47 Å². The summed E-state index contributed by atoms with van der Waals surface area (Å²) in [4.78, 5) is 22.5. The number of hydrogen-bond acceptors (Lipinski definition) is 5. The third-order valence-corrected chi connectivity index (χ3v) is 2.67. The second-order valence-corrected chi connectivity index (χ2v) is 4.69. The molecule has 0 saturated carbocycles. The van der Waals surface area contributed by atoms with Gasteiger partial charge in [-0.2, -0.15) is 0 Å². The zero-order valence-corrected chi connectivity index (χ0v) is 11.6. The molecule has 0 unspecified atom stereocenters. The van der Waals surface area contributed by atoms with E-state index in [-0.39, 0.29) is 12.6 Å². The summed E-state index contributed by atoms with van der Waals surface area (Å²) >= 11 is 0. The van der Waals surface area contributed by atoms with Gasteiger partial charge < -0.3 is 14.2 Å². The number of esters is 1. The van der Waals surface area contributed by atoms with Crippen LogP contribution in [0.15, 0.2) is 18.2 Å². The van der Waals surface area contributed by atoms with Crippen LogP contribution in [0, 0.1) is 5.41 Å². The van der Waals surface area contributed by atoms with E-state index < -0.39 is 5.41 Å². The lowest BCUT2D eigenvalue weighted by molar-refractivity contribution is -0.152. The van der Waals surface area contributed by atoms with E-state index in [1.54, 1.807) is 32.0 Å². The lowest BCUT2D eigenvalue weighted by atomic mass is 9.95. The molecule has 1 aromatic carbocycles. The predicted molar refractivity (Wildman–Crippen MR) is 69.7 cm³/mol. The minimum atomic E-state index is -0.794. The molecule has 0 spiro atoms. The zero-order valence-electron chi connectivity index (χ0n) is 11.6. The van der Waals surface area contributed by atoms with Gasteiger partial charge in [-0.15, -0.1) is 0 Å². The molecule has 0 aliphatic rings. The maximum Gasteiger partial charge on any atom is 0.314 e. The quantitative estimate of drug-likeness (QED) is 0.582. The van der Waals surface area contributed by atoms with Crippen molar-refractivity contribution in [3.63, 3.8) is 0 Å². The molecule has 1 rings (SSSR count). The van der Waals surface area contributed by atoms with Crippen molar-refractivity contribution in [3.05, 3.63) is 23.8 Å². The van der Waals surface area contributed by atoms with Crippen LogP contribution in [0.4, 0.5) is 0 Å². The summed E-state index contributed by atoms with van der Waals surface area (Å²) < 4.78 is 15.3. The Bertz CT molecular complexity index is 465. The third-order valence-electron chi connectivity index (χ3n) is 2.67. The smallest absolute Gasteiger partial charge is 0.314 e. The molecule has 5 nitrogen and oxygen atoms in total. The largest absolute Gasteiger partial charge is 0.497 e. The van der Waals surface area contributed by atoms with Gasteiger partial charge in [-0.3, -0.25) is 9.59 Å². The van der Waals surface area contributed by atoms with E-state index >= 15 is 0 Å². The Morgan fingerprint density at radius 3 is 2.53 bits per heavy atom. The third kappa shape index (κ3) is 3.71. The van der Waals surface area contributed by atoms with Crippen molar-refractivity contribution >= 4 is 12.3 Å². The minimum absolute atomic E-state index is 0.105. The normalized spacial score (nSPS) is 10.7. The minimum Gasteiger partial charge on any atom is -0.497 e. The van der Waals surface area contributed by atoms with E-state index in [2.05, 4.69) is 0 Å². The summed E-state index contributed by atoms with van der Waals surface area (Å²) in [5.41, 5.74) is -0.390. The molecule has 0 fully saturated rings. The van der Waals surface area contributed by atoms with Crippen LogP contribution in [-0.4, -0.2) is 33.1 Å². The molecule has 0 N–H and O–H groups in total. The molecule has 0 amide bonds. The van der Waals surface area contributed by atoms with E-state index in [0.717, 1.165) is 0 Å². The Hall–Kier alpha value is -2.04. The lowest BCUT2D eigenvalue weighted by Crippen LogP contribution is -2.32. The fraction of sp³-hybridized carbons (Fsp3) is 0.429. The summed E-state index contributed by atoms with van der Waals surface area (Å²) in [5, 5.41) is 0. The molecular formula is C14H18O5. The second-order valence-electron chi connectivity index (χ2n) is 4.69. The Kier molecular flexibility index (Phi) is 4.92. The van der Waals surface area contributed by atoms with E-state index in [1.807, 2.05) is 0 Å². The number of ether oxygens (including phenoxy) is 3. The van der Waals surface area contributed by atoms with E-state index in [4.69, 9.17) is 14.2 Å². The highest BCUT2D eigenvalue weighted by Crippen LogP contribution is 2.26. The highest BCUT2D eigenvalue weighted by molar-refractivity contribution is 5.80. The van der Waals surface area contributed by atoms with Crippen molar-refractivity contribution in [2.24, 2.45) is 5.41 Å². The van der Waals surface area contributed by atoms with Gasteiger partial charge in [0.25, 0.3) is 0 Å². The number of aldehydes is 1.